The molecule has 4 aliphatic rings. The molecule has 4 aliphatic carbocycles. The maximum atomic E-state index is 13.4. The summed E-state index contributed by atoms with van der Waals surface area (Å²) in [5, 5.41) is 22.3. The van der Waals surface area contributed by atoms with Gasteiger partial charge in [-0.15, -0.1) is 0 Å². The molecule has 0 aromatic carbocycles. The maximum absolute atomic E-state index is 13.4. The van der Waals surface area contributed by atoms with Crippen LogP contribution in [0.3, 0.4) is 0 Å². The van der Waals surface area contributed by atoms with E-state index in [2.05, 4.69) is 5.16 Å². The van der Waals surface area contributed by atoms with Crippen LogP contribution in [0.1, 0.15) is 71.6 Å². The van der Waals surface area contributed by atoms with Crippen LogP contribution >= 0.6 is 0 Å². The molecule has 4 fully saturated rings. The molecule has 2 N–H and O–H groups in total. The summed E-state index contributed by atoms with van der Waals surface area (Å²) in [5.74, 6) is 1.90. The van der Waals surface area contributed by atoms with Gasteiger partial charge in [0.15, 0.2) is 5.71 Å². The van der Waals surface area contributed by atoms with Crippen LogP contribution in [-0.4, -0.2) is 27.8 Å². The van der Waals surface area contributed by atoms with Gasteiger partial charge in [-0.1, -0.05) is 12.1 Å². The molecule has 6 heteroatoms. The van der Waals surface area contributed by atoms with Crippen LogP contribution in [0.15, 0.2) is 5.16 Å². The number of hydrogen-bond donors (Lipinski definition) is 2. The summed E-state index contributed by atoms with van der Waals surface area (Å²) in [6.45, 7) is 3.96. The van der Waals surface area contributed by atoms with Crippen molar-refractivity contribution in [3.05, 3.63) is 0 Å². The molecule has 8 atom stereocenters. The third-order valence-electron chi connectivity index (χ3n) is 8.97. The minimum absolute atomic E-state index is 0.295. The van der Waals surface area contributed by atoms with Gasteiger partial charge < -0.3 is 10.3 Å². The van der Waals surface area contributed by atoms with Crippen LogP contribution in [0.2, 0.25) is 0 Å². The van der Waals surface area contributed by atoms with Crippen molar-refractivity contribution in [2.75, 3.05) is 0 Å². The highest BCUT2D eigenvalue weighted by atomic mass is 19.4. The van der Waals surface area contributed by atoms with Gasteiger partial charge in [-0.25, -0.2) is 0 Å². The van der Waals surface area contributed by atoms with E-state index in [4.69, 9.17) is 5.21 Å². The van der Waals surface area contributed by atoms with Crippen LogP contribution in [0.25, 0.3) is 0 Å². The number of oxime groups is 1. The molecule has 0 spiro atoms. The van der Waals surface area contributed by atoms with E-state index in [0.29, 0.717) is 36.0 Å². The van der Waals surface area contributed by atoms with Gasteiger partial charge >= 0.3 is 6.18 Å². The third kappa shape index (κ3) is 3.10. The van der Waals surface area contributed by atoms with Crippen molar-refractivity contribution in [3.8, 4) is 0 Å². The fourth-order valence-corrected chi connectivity index (χ4v) is 7.85. The van der Waals surface area contributed by atoms with Crippen LogP contribution in [0, 0.1) is 40.9 Å². The molecular weight excluding hydrogens is 355 g/mol. The first kappa shape index (κ1) is 19.5. The van der Waals surface area contributed by atoms with Gasteiger partial charge in [-0.2, -0.15) is 13.2 Å². The number of rotatable bonds is 1. The fourth-order valence-electron chi connectivity index (χ4n) is 7.85. The predicted molar refractivity (Wildman–Crippen MR) is 96.5 cm³/mol. The summed E-state index contributed by atoms with van der Waals surface area (Å²) in [4.78, 5) is 0. The summed E-state index contributed by atoms with van der Waals surface area (Å²) < 4.78 is 40.2. The van der Waals surface area contributed by atoms with E-state index in [1.807, 2.05) is 13.8 Å². The predicted octanol–water partition coefficient (Wildman–Crippen LogP) is 5.40. The first-order chi connectivity index (χ1) is 12.6. The fraction of sp³-hybridized carbons (Fsp3) is 0.952. The van der Waals surface area contributed by atoms with Crippen molar-refractivity contribution in [3.63, 3.8) is 0 Å². The molecule has 0 aromatic rings. The number of hydrogen-bond acceptors (Lipinski definition) is 3. The highest BCUT2D eigenvalue weighted by Crippen LogP contribution is 2.65. The average Bonchev–Trinajstić information content (AvgIpc) is 2.90. The molecule has 0 saturated heterocycles. The zero-order valence-corrected chi connectivity index (χ0v) is 16.3. The minimum Gasteiger partial charge on any atom is -0.411 e. The lowest BCUT2D eigenvalue weighted by Crippen LogP contribution is -2.51. The van der Waals surface area contributed by atoms with Crippen molar-refractivity contribution in [2.24, 2.45) is 46.1 Å². The summed E-state index contributed by atoms with van der Waals surface area (Å²) in [6, 6.07) is 0. The molecular formula is C21H32F3NO2. The molecule has 3 nitrogen and oxygen atoms in total. The van der Waals surface area contributed by atoms with Gasteiger partial charge in [0, 0.05) is 5.92 Å². The molecule has 27 heavy (non-hydrogen) atoms. The zero-order valence-electron chi connectivity index (χ0n) is 16.3. The van der Waals surface area contributed by atoms with E-state index in [9.17, 15) is 18.3 Å². The molecule has 0 amide bonds. The lowest BCUT2D eigenvalue weighted by molar-refractivity contribution is -0.101. The lowest BCUT2D eigenvalue weighted by Gasteiger charge is -2.57. The van der Waals surface area contributed by atoms with Gasteiger partial charge in [0.25, 0.3) is 0 Å². The molecule has 0 aromatic heterocycles. The van der Waals surface area contributed by atoms with Crippen LogP contribution in [-0.2, 0) is 0 Å². The van der Waals surface area contributed by atoms with Crippen molar-refractivity contribution in [1.82, 2.24) is 0 Å². The Labute approximate surface area is 159 Å². The Balaban J connectivity index is 1.56. The normalized spacial score (nSPS) is 50.7. The van der Waals surface area contributed by atoms with Crippen LogP contribution < -0.4 is 0 Å². The molecule has 154 valence electrons. The van der Waals surface area contributed by atoms with Gasteiger partial charge in [0.2, 0.25) is 0 Å². The highest BCUT2D eigenvalue weighted by molar-refractivity contribution is 5.92. The summed E-state index contributed by atoms with van der Waals surface area (Å²) in [5.41, 5.74) is -1.92. The molecule has 0 radical (unpaired) electrons. The molecule has 0 aliphatic heterocycles. The standard InChI is InChI=1S/C21H32F3NO2/c1-19(26)9-7-13-12(11-19)3-4-15-14(13)8-10-20(2)16(15)5-6-17(20)18(25-27)21(22,23)24/h12-17,26-27H,3-11H2,1-2H3/b25-18+/t12-,13+,14-,15-,16+,17-,19-,20+/m1/s1. The monoisotopic (exact) mass is 387 g/mol. The lowest BCUT2D eigenvalue weighted by atomic mass is 9.49. The van der Waals surface area contributed by atoms with Gasteiger partial charge in [0.1, 0.15) is 0 Å². The Bertz CT molecular complexity index is 617. The van der Waals surface area contributed by atoms with E-state index >= 15 is 0 Å². The largest absolute Gasteiger partial charge is 0.432 e. The topological polar surface area (TPSA) is 52.8 Å². The number of halogens is 3. The SMILES string of the molecule is C[C@@]1(O)CC[C@H]2[C@H](CC[C@@H]3[C@@H]2CC[C@]2(C)[C@@H](/C(=N\O)C(F)(F)F)CC[C@@H]32)C1. The smallest absolute Gasteiger partial charge is 0.411 e. The first-order valence-corrected chi connectivity index (χ1v) is 10.6. The quantitative estimate of drug-likeness (QED) is 0.360. The van der Waals surface area contributed by atoms with E-state index in [1.54, 1.807) is 0 Å². The Morgan fingerprint density at radius 3 is 2.30 bits per heavy atom. The highest BCUT2D eigenvalue weighted by Gasteiger charge is 2.61. The zero-order chi connectivity index (χ0) is 19.6. The molecule has 0 bridgehead atoms. The second kappa shape index (κ2) is 6.36. The van der Waals surface area contributed by atoms with Gasteiger partial charge in [0.05, 0.1) is 5.60 Å². The van der Waals surface area contributed by atoms with Gasteiger partial charge in [-0.05, 0) is 99.7 Å². The first-order valence-electron chi connectivity index (χ1n) is 10.6. The van der Waals surface area contributed by atoms with Gasteiger partial charge in [-0.3, -0.25) is 0 Å². The minimum atomic E-state index is -4.55. The van der Waals surface area contributed by atoms with Crippen LogP contribution in [0.4, 0.5) is 13.2 Å². The van der Waals surface area contributed by atoms with Crippen LogP contribution in [0.5, 0.6) is 0 Å². The number of fused-ring (bicyclic) bond motifs is 5. The van der Waals surface area contributed by atoms with Crippen molar-refractivity contribution >= 4 is 5.71 Å². The van der Waals surface area contributed by atoms with E-state index in [1.165, 1.54) is 0 Å². The average molecular weight is 387 g/mol. The summed E-state index contributed by atoms with van der Waals surface area (Å²) in [6.07, 6.45) is 3.45. The Morgan fingerprint density at radius 1 is 0.926 bits per heavy atom. The summed E-state index contributed by atoms with van der Waals surface area (Å²) >= 11 is 0. The van der Waals surface area contributed by atoms with E-state index in [0.717, 1.165) is 51.4 Å². The molecule has 4 saturated carbocycles. The second-order valence-electron chi connectivity index (χ2n) is 10.3. The molecule has 4 rings (SSSR count). The number of alkyl halides is 3. The molecule has 0 unspecified atom stereocenters. The van der Waals surface area contributed by atoms with E-state index in [-0.39, 0.29) is 0 Å². The number of aliphatic hydroxyl groups is 1. The van der Waals surface area contributed by atoms with Crippen molar-refractivity contribution in [1.29, 1.82) is 0 Å². The number of nitrogens with zero attached hydrogens (tertiary/aromatic N) is 1. The Hall–Kier alpha value is -0.780. The molecule has 0 heterocycles. The second-order valence-corrected chi connectivity index (χ2v) is 10.3. The Kier molecular flexibility index (Phi) is 4.60. The third-order valence-corrected chi connectivity index (χ3v) is 8.97. The van der Waals surface area contributed by atoms with Crippen molar-refractivity contribution < 1.29 is 23.5 Å². The maximum Gasteiger partial charge on any atom is 0.432 e. The van der Waals surface area contributed by atoms with Crippen molar-refractivity contribution in [2.45, 2.75) is 83.4 Å². The Morgan fingerprint density at radius 2 is 1.63 bits per heavy atom. The summed E-state index contributed by atoms with van der Waals surface area (Å²) in [7, 11) is 0. The van der Waals surface area contributed by atoms with E-state index < -0.39 is 28.8 Å².